The number of piperazine rings is 1. The Morgan fingerprint density at radius 2 is 1.70 bits per heavy atom. The van der Waals surface area contributed by atoms with E-state index in [4.69, 9.17) is 4.74 Å². The fourth-order valence-electron chi connectivity index (χ4n) is 4.81. The maximum absolute atomic E-state index is 13.7. The Kier molecular flexibility index (Phi) is 5.27. The molecule has 2 fully saturated rings. The lowest BCUT2D eigenvalue weighted by atomic mass is 9.73. The van der Waals surface area contributed by atoms with Gasteiger partial charge in [0.25, 0.3) is 0 Å². The van der Waals surface area contributed by atoms with Gasteiger partial charge in [0.1, 0.15) is 0 Å². The first-order valence-electron chi connectivity index (χ1n) is 10.8. The van der Waals surface area contributed by atoms with Crippen molar-refractivity contribution in [2.24, 2.45) is 0 Å². The van der Waals surface area contributed by atoms with Gasteiger partial charge < -0.3 is 9.64 Å². The highest BCUT2D eigenvalue weighted by Gasteiger charge is 2.44. The second kappa shape index (κ2) is 8.20. The fourth-order valence-corrected chi connectivity index (χ4v) is 4.81. The molecule has 2 aliphatic heterocycles. The largest absolute Gasteiger partial charge is 0.381 e. The number of carbonyl (C=O) groups is 1. The van der Waals surface area contributed by atoms with Crippen LogP contribution < -0.4 is 0 Å². The molecule has 3 aromatic rings. The predicted octanol–water partition coefficient (Wildman–Crippen LogP) is 2.73. The second-order valence-electron chi connectivity index (χ2n) is 8.33. The van der Waals surface area contributed by atoms with E-state index in [9.17, 15) is 4.79 Å². The Bertz CT molecular complexity index is 969. The van der Waals surface area contributed by atoms with Gasteiger partial charge in [0.15, 0.2) is 0 Å². The van der Waals surface area contributed by atoms with Gasteiger partial charge in [-0.3, -0.25) is 9.69 Å². The van der Waals surface area contributed by atoms with Gasteiger partial charge >= 0.3 is 0 Å². The summed E-state index contributed by atoms with van der Waals surface area (Å²) in [6.07, 6.45) is 3.50. The van der Waals surface area contributed by atoms with Crippen LogP contribution in [0.1, 0.15) is 24.1 Å². The zero-order chi connectivity index (χ0) is 20.4. The first-order valence-corrected chi connectivity index (χ1v) is 10.8. The number of rotatable bonds is 4. The molecule has 1 aromatic carbocycles. The normalized spacial score (nSPS) is 19.8. The number of hydrogen-bond acceptors (Lipinski definition) is 4. The zero-order valence-electron chi connectivity index (χ0n) is 17.2. The van der Waals surface area contributed by atoms with Crippen LogP contribution in [0.3, 0.4) is 0 Å². The average molecular weight is 405 g/mol. The van der Waals surface area contributed by atoms with Crippen LogP contribution in [-0.2, 0) is 21.5 Å². The molecule has 0 bridgehead atoms. The third kappa shape index (κ3) is 3.61. The monoisotopic (exact) mass is 404 g/mol. The lowest BCUT2D eigenvalue weighted by molar-refractivity contribution is -0.143. The summed E-state index contributed by atoms with van der Waals surface area (Å²) in [5.41, 5.74) is 2.88. The minimum absolute atomic E-state index is 0.268. The van der Waals surface area contributed by atoms with E-state index in [-0.39, 0.29) is 5.91 Å². The molecule has 2 saturated heterocycles. The minimum Gasteiger partial charge on any atom is -0.381 e. The minimum atomic E-state index is -0.441. The molecular formula is C24H28N4O2. The predicted molar refractivity (Wildman–Crippen MR) is 115 cm³/mol. The van der Waals surface area contributed by atoms with Crippen LogP contribution in [0.15, 0.2) is 60.8 Å². The molecule has 2 aromatic heterocycles. The zero-order valence-corrected chi connectivity index (χ0v) is 17.2. The summed E-state index contributed by atoms with van der Waals surface area (Å²) in [7, 11) is 0. The Morgan fingerprint density at radius 1 is 0.967 bits per heavy atom. The van der Waals surface area contributed by atoms with Crippen molar-refractivity contribution in [1.82, 2.24) is 19.4 Å². The van der Waals surface area contributed by atoms with Crippen molar-refractivity contribution in [1.29, 1.82) is 0 Å². The summed E-state index contributed by atoms with van der Waals surface area (Å²) in [5, 5.41) is 4.67. The molecule has 30 heavy (non-hydrogen) atoms. The molecule has 1 amide bonds. The third-order valence-electron chi connectivity index (χ3n) is 6.55. The van der Waals surface area contributed by atoms with Crippen molar-refractivity contribution >= 4 is 11.4 Å². The van der Waals surface area contributed by atoms with Crippen molar-refractivity contribution in [3.8, 4) is 0 Å². The number of aromatic nitrogens is 2. The van der Waals surface area contributed by atoms with E-state index < -0.39 is 5.41 Å². The van der Waals surface area contributed by atoms with E-state index >= 15 is 0 Å². The van der Waals surface area contributed by atoms with Gasteiger partial charge in [-0.25, -0.2) is 4.52 Å². The SMILES string of the molecule is O=C(N1CCN(Cc2cc3ccccn3n2)CC1)C1(c2ccccc2)CCOCC1. The summed E-state index contributed by atoms with van der Waals surface area (Å²) >= 11 is 0. The van der Waals surface area contributed by atoms with Gasteiger partial charge in [-0.05, 0) is 36.6 Å². The first-order chi connectivity index (χ1) is 14.7. The van der Waals surface area contributed by atoms with Crippen molar-refractivity contribution in [3.63, 3.8) is 0 Å². The summed E-state index contributed by atoms with van der Waals surface area (Å²) in [6.45, 7) is 5.40. The lowest BCUT2D eigenvalue weighted by Crippen LogP contribution is -2.55. The van der Waals surface area contributed by atoms with Gasteiger partial charge in [0.2, 0.25) is 5.91 Å². The van der Waals surface area contributed by atoms with Crippen LogP contribution in [0.4, 0.5) is 0 Å². The number of nitrogens with zero attached hydrogens (tertiary/aromatic N) is 4. The number of fused-ring (bicyclic) bond motifs is 1. The van der Waals surface area contributed by atoms with E-state index in [1.807, 2.05) is 41.0 Å². The molecule has 5 rings (SSSR count). The number of amides is 1. The molecule has 6 heteroatoms. The maximum atomic E-state index is 13.7. The van der Waals surface area contributed by atoms with Crippen LogP contribution >= 0.6 is 0 Å². The van der Waals surface area contributed by atoms with Gasteiger partial charge in [-0.1, -0.05) is 36.4 Å². The molecule has 2 aliphatic rings. The maximum Gasteiger partial charge on any atom is 0.233 e. The number of ether oxygens (including phenoxy) is 1. The average Bonchev–Trinajstić information content (AvgIpc) is 3.22. The molecule has 4 heterocycles. The van der Waals surface area contributed by atoms with Crippen LogP contribution in [-0.4, -0.2) is 64.7 Å². The van der Waals surface area contributed by atoms with Crippen molar-refractivity contribution in [2.75, 3.05) is 39.4 Å². The third-order valence-corrected chi connectivity index (χ3v) is 6.55. The van der Waals surface area contributed by atoms with Crippen LogP contribution in [0.2, 0.25) is 0 Å². The molecule has 0 unspecified atom stereocenters. The molecule has 0 atom stereocenters. The molecule has 156 valence electrons. The Balaban J connectivity index is 1.26. The van der Waals surface area contributed by atoms with E-state index in [1.165, 1.54) is 0 Å². The van der Waals surface area contributed by atoms with E-state index in [2.05, 4.69) is 39.2 Å². The van der Waals surface area contributed by atoms with Crippen molar-refractivity contribution in [3.05, 3.63) is 72.1 Å². The highest BCUT2D eigenvalue weighted by molar-refractivity contribution is 5.88. The van der Waals surface area contributed by atoms with Crippen molar-refractivity contribution < 1.29 is 9.53 Å². The molecule has 0 radical (unpaired) electrons. The van der Waals surface area contributed by atoms with Gasteiger partial charge in [0.05, 0.1) is 16.6 Å². The molecule has 0 saturated carbocycles. The van der Waals surface area contributed by atoms with Crippen LogP contribution in [0.5, 0.6) is 0 Å². The molecular weight excluding hydrogens is 376 g/mol. The van der Waals surface area contributed by atoms with Gasteiger partial charge in [-0.15, -0.1) is 0 Å². The summed E-state index contributed by atoms with van der Waals surface area (Å²) in [6, 6.07) is 18.5. The van der Waals surface area contributed by atoms with Gasteiger partial charge in [0, 0.05) is 52.1 Å². The van der Waals surface area contributed by atoms with Gasteiger partial charge in [-0.2, -0.15) is 5.10 Å². The number of benzene rings is 1. The Morgan fingerprint density at radius 3 is 2.43 bits per heavy atom. The molecule has 0 spiro atoms. The highest BCUT2D eigenvalue weighted by Crippen LogP contribution is 2.37. The number of hydrogen-bond donors (Lipinski definition) is 0. The van der Waals surface area contributed by atoms with E-state index in [0.717, 1.165) is 62.3 Å². The highest BCUT2D eigenvalue weighted by atomic mass is 16.5. The summed E-state index contributed by atoms with van der Waals surface area (Å²) < 4.78 is 7.52. The molecule has 0 N–H and O–H groups in total. The van der Waals surface area contributed by atoms with Crippen LogP contribution in [0, 0.1) is 0 Å². The smallest absolute Gasteiger partial charge is 0.233 e. The lowest BCUT2D eigenvalue weighted by Gasteiger charge is -2.43. The Labute approximate surface area is 177 Å². The quantitative estimate of drug-likeness (QED) is 0.671. The van der Waals surface area contributed by atoms with Crippen molar-refractivity contribution in [2.45, 2.75) is 24.8 Å². The standard InChI is InChI=1S/C24H28N4O2/c29-23(24(9-16-30-17-10-24)20-6-2-1-3-7-20)27-14-12-26(13-15-27)19-21-18-22-8-4-5-11-28(22)25-21/h1-8,11,18H,9-10,12-17,19H2. The number of pyridine rings is 1. The summed E-state index contributed by atoms with van der Waals surface area (Å²) in [4.78, 5) is 18.2. The Hall–Kier alpha value is -2.70. The van der Waals surface area contributed by atoms with Crippen LogP contribution in [0.25, 0.3) is 5.52 Å². The first kappa shape index (κ1) is 19.3. The topological polar surface area (TPSA) is 50.1 Å². The van der Waals surface area contributed by atoms with E-state index in [1.54, 1.807) is 0 Å². The molecule has 0 aliphatic carbocycles. The second-order valence-corrected chi connectivity index (χ2v) is 8.33. The fraction of sp³-hybridized carbons (Fsp3) is 0.417. The van der Waals surface area contributed by atoms with E-state index in [0.29, 0.717) is 13.2 Å². The summed E-state index contributed by atoms with van der Waals surface area (Å²) in [5.74, 6) is 0.268. The molecule has 6 nitrogen and oxygen atoms in total. The number of carbonyl (C=O) groups excluding carboxylic acids is 1.